The molecule has 0 bridgehead atoms. The second-order valence-corrected chi connectivity index (χ2v) is 9.51. The Hall–Kier alpha value is -3.40. The zero-order valence-electron chi connectivity index (χ0n) is 20.6. The van der Waals surface area contributed by atoms with Gasteiger partial charge in [0.05, 0.1) is 48.2 Å². The quantitative estimate of drug-likeness (QED) is 0.274. The van der Waals surface area contributed by atoms with E-state index >= 15 is 0 Å². The van der Waals surface area contributed by atoms with Crippen molar-refractivity contribution in [2.75, 3.05) is 53.2 Å². The lowest BCUT2D eigenvalue weighted by Gasteiger charge is -2.34. The zero-order chi connectivity index (χ0) is 27.5. The number of hydrogen-bond acceptors (Lipinski definition) is 8. The molecule has 204 valence electrons. The Kier molecular flexibility index (Phi) is 8.20. The average Bonchev–Trinajstić information content (AvgIpc) is 2.97. The summed E-state index contributed by atoms with van der Waals surface area (Å²) in [5, 5.41) is 15.0. The van der Waals surface area contributed by atoms with Gasteiger partial charge in [0, 0.05) is 42.6 Å². The van der Waals surface area contributed by atoms with Crippen LogP contribution in [0.4, 0.5) is 21.6 Å². The van der Waals surface area contributed by atoms with Gasteiger partial charge in [0.2, 0.25) is 0 Å². The molecular weight excluding hydrogens is 624 g/mol. The maximum atomic E-state index is 14.6. The summed E-state index contributed by atoms with van der Waals surface area (Å²) in [4.78, 5) is 46.1. The summed E-state index contributed by atoms with van der Waals surface area (Å²) in [6.45, 7) is 1.54. The molecular formula is C26H25FIN5O6. The van der Waals surface area contributed by atoms with Crippen LogP contribution in [0.3, 0.4) is 0 Å². The van der Waals surface area contributed by atoms with Gasteiger partial charge in [0.25, 0.3) is 17.7 Å². The number of nitrogens with zero attached hydrogens (tertiary/aromatic N) is 3. The fourth-order valence-corrected chi connectivity index (χ4v) is 4.98. The van der Waals surface area contributed by atoms with Crippen LogP contribution in [0.5, 0.6) is 0 Å². The van der Waals surface area contributed by atoms with Crippen LogP contribution >= 0.6 is 22.9 Å². The topological polar surface area (TPSA) is 133 Å². The summed E-state index contributed by atoms with van der Waals surface area (Å²) >= 11 is 1.98. The van der Waals surface area contributed by atoms with Crippen molar-refractivity contribution < 1.29 is 33.4 Å². The molecule has 2 aliphatic heterocycles. The van der Waals surface area contributed by atoms with Gasteiger partial charge in [-0.2, -0.15) is 0 Å². The lowest BCUT2D eigenvalue weighted by atomic mass is 10.1. The van der Waals surface area contributed by atoms with Gasteiger partial charge in [-0.15, -0.1) is 0 Å². The number of aliphatic hydroxyl groups excluding tert-OH is 1. The van der Waals surface area contributed by atoms with E-state index in [-0.39, 0.29) is 24.4 Å². The van der Waals surface area contributed by atoms with E-state index in [2.05, 4.69) is 13.8 Å². The number of rotatable bonds is 6. The number of anilines is 3. The van der Waals surface area contributed by atoms with Gasteiger partial charge >= 0.3 is 0 Å². The maximum absolute atomic E-state index is 14.6. The minimum absolute atomic E-state index is 0.0277. The number of aromatic nitrogens is 1. The number of ether oxygens (including phenoxy) is 2. The Labute approximate surface area is 236 Å². The Balaban J connectivity index is 1.31. The fraction of sp³-hybridized carbons (Fsp3) is 0.308. The van der Waals surface area contributed by atoms with Gasteiger partial charge in [0.1, 0.15) is 11.6 Å². The zero-order valence-corrected chi connectivity index (χ0v) is 22.8. The first kappa shape index (κ1) is 27.2. The van der Waals surface area contributed by atoms with E-state index in [9.17, 15) is 23.9 Å². The van der Waals surface area contributed by atoms with Crippen LogP contribution in [0.25, 0.3) is 10.8 Å². The molecule has 0 radical (unpaired) electrons. The lowest BCUT2D eigenvalue weighted by molar-refractivity contribution is -0.150. The highest BCUT2D eigenvalue weighted by molar-refractivity contribution is 14.1. The number of pyridine rings is 1. The minimum Gasteiger partial charge on any atom is -0.380 e. The molecule has 5 rings (SSSR count). The molecule has 0 aliphatic carbocycles. The van der Waals surface area contributed by atoms with E-state index in [1.54, 1.807) is 30.5 Å². The highest BCUT2D eigenvalue weighted by Crippen LogP contribution is 2.27. The lowest BCUT2D eigenvalue weighted by Crippen LogP contribution is -2.55. The van der Waals surface area contributed by atoms with Crippen LogP contribution in [0, 0.1) is 5.82 Å². The van der Waals surface area contributed by atoms with E-state index in [4.69, 9.17) is 9.47 Å². The van der Waals surface area contributed by atoms with Gasteiger partial charge in [-0.25, -0.2) is 9.37 Å². The number of carbonyl (C=O) groups excluding carboxylic acids is 3. The average molecular weight is 649 g/mol. The molecule has 13 heteroatoms. The summed E-state index contributed by atoms with van der Waals surface area (Å²) in [6.07, 6.45) is -1.67. The molecule has 2 saturated heterocycles. The van der Waals surface area contributed by atoms with E-state index < -0.39 is 35.7 Å². The van der Waals surface area contributed by atoms with E-state index in [0.717, 1.165) is 16.8 Å². The van der Waals surface area contributed by atoms with Crippen molar-refractivity contribution in [2.45, 2.75) is 12.2 Å². The number of fused-ring (bicyclic) bond motifs is 1. The molecule has 3 aromatic rings. The number of aliphatic hydroxyl groups is 1. The van der Waals surface area contributed by atoms with Gasteiger partial charge in [-0.1, -0.05) is 0 Å². The van der Waals surface area contributed by atoms with Crippen LogP contribution in [0.2, 0.25) is 0 Å². The second kappa shape index (κ2) is 11.8. The van der Waals surface area contributed by atoms with Gasteiger partial charge < -0.3 is 33.2 Å². The molecule has 2 aliphatic rings. The standard InChI is InChI=1S/C26H25FIN5O6/c27-20-4-2-17(14-19(20)25(36)32-7-10-38-11-8-32)33-9-12-39-22(26(33)37)21(34)24(35)30-16-1-3-18-15(13-16)5-6-29-23(18)31-28/h1-6,13-14,21-22,34H,7-12H2,(H,29,31)(H,30,35). The van der Waals surface area contributed by atoms with Crippen molar-refractivity contribution in [3.8, 4) is 0 Å². The summed E-state index contributed by atoms with van der Waals surface area (Å²) in [6, 6.07) is 10.8. The van der Waals surface area contributed by atoms with Crippen molar-refractivity contribution in [1.29, 1.82) is 0 Å². The molecule has 3 heterocycles. The van der Waals surface area contributed by atoms with E-state index in [1.165, 1.54) is 21.9 Å². The molecule has 2 fully saturated rings. The van der Waals surface area contributed by atoms with Crippen molar-refractivity contribution in [3.05, 3.63) is 60.0 Å². The minimum atomic E-state index is -1.81. The van der Waals surface area contributed by atoms with E-state index in [0.29, 0.717) is 37.8 Å². The molecule has 1 aromatic heterocycles. The van der Waals surface area contributed by atoms with Crippen molar-refractivity contribution in [3.63, 3.8) is 0 Å². The van der Waals surface area contributed by atoms with Gasteiger partial charge in [-0.05, 0) is 47.9 Å². The van der Waals surface area contributed by atoms with Crippen molar-refractivity contribution in [1.82, 2.24) is 9.88 Å². The number of carbonyl (C=O) groups is 3. The fourth-order valence-electron chi connectivity index (χ4n) is 4.56. The summed E-state index contributed by atoms with van der Waals surface area (Å²) < 4.78 is 28.3. The molecule has 3 N–H and O–H groups in total. The Morgan fingerprint density at radius 2 is 1.90 bits per heavy atom. The molecule has 0 spiro atoms. The van der Waals surface area contributed by atoms with Crippen LogP contribution < -0.4 is 13.7 Å². The molecule has 3 amide bonds. The normalized spacial score (nSPS) is 18.6. The van der Waals surface area contributed by atoms with E-state index in [1.807, 2.05) is 22.9 Å². The molecule has 0 saturated carbocycles. The van der Waals surface area contributed by atoms with Crippen molar-refractivity contribution >= 4 is 68.6 Å². The third kappa shape index (κ3) is 5.66. The highest BCUT2D eigenvalue weighted by atomic mass is 127. The number of amides is 3. The summed E-state index contributed by atoms with van der Waals surface area (Å²) in [5.41, 5.74) is 0.514. The van der Waals surface area contributed by atoms with Crippen LogP contribution in [-0.2, 0) is 19.1 Å². The maximum Gasteiger partial charge on any atom is 0.259 e. The largest absolute Gasteiger partial charge is 0.380 e. The Morgan fingerprint density at radius 3 is 2.67 bits per heavy atom. The first-order chi connectivity index (χ1) is 18.9. The molecule has 2 aromatic carbocycles. The number of morpholine rings is 2. The second-order valence-electron chi connectivity index (χ2n) is 8.97. The van der Waals surface area contributed by atoms with Crippen LogP contribution in [-0.4, -0.2) is 84.4 Å². The summed E-state index contributed by atoms with van der Waals surface area (Å²) in [7, 11) is 0. The Bertz CT molecular complexity index is 1420. The van der Waals surface area contributed by atoms with Gasteiger partial charge in [0.15, 0.2) is 12.2 Å². The highest BCUT2D eigenvalue weighted by Gasteiger charge is 2.39. The monoisotopic (exact) mass is 649 g/mol. The predicted octanol–water partition coefficient (Wildman–Crippen LogP) is 2.34. The SMILES string of the molecule is O=C(Nc1ccc2c(NI)nccc2c1)C(O)C1OCCN(c2ccc(F)c(C(=O)N3CCOCC3)c2)C1=O. The number of benzene rings is 2. The van der Waals surface area contributed by atoms with Gasteiger partial charge in [-0.3, -0.25) is 14.4 Å². The number of hydrogen-bond donors (Lipinski definition) is 3. The predicted molar refractivity (Wildman–Crippen MR) is 149 cm³/mol. The Morgan fingerprint density at radius 1 is 1.10 bits per heavy atom. The number of halogens is 2. The number of nitrogens with one attached hydrogen (secondary N) is 2. The third-order valence-corrected chi connectivity index (χ3v) is 7.10. The molecule has 2 atom stereocenters. The first-order valence-electron chi connectivity index (χ1n) is 12.2. The van der Waals surface area contributed by atoms with Crippen molar-refractivity contribution in [2.24, 2.45) is 0 Å². The molecule has 39 heavy (non-hydrogen) atoms. The van der Waals surface area contributed by atoms with Crippen LogP contribution in [0.1, 0.15) is 10.4 Å². The molecule has 11 nitrogen and oxygen atoms in total. The molecule has 2 unspecified atom stereocenters. The smallest absolute Gasteiger partial charge is 0.259 e. The summed E-state index contributed by atoms with van der Waals surface area (Å²) in [5.74, 6) is -2.04. The third-order valence-electron chi connectivity index (χ3n) is 6.59. The van der Waals surface area contributed by atoms with Crippen LogP contribution in [0.15, 0.2) is 48.7 Å². The first-order valence-corrected chi connectivity index (χ1v) is 13.3.